The summed E-state index contributed by atoms with van der Waals surface area (Å²) in [6.45, 7) is 7.53. The largest absolute Gasteiger partial charge is 0.443 e. The molecule has 9 heteroatoms. The summed E-state index contributed by atoms with van der Waals surface area (Å²) in [5.41, 5.74) is 10.1. The molecule has 2 N–H and O–H groups in total. The molecular formula is C25H29N7O2. The molecule has 4 aromatic heterocycles. The number of fused-ring (bicyclic) bond motifs is 1. The number of nitrogens with two attached hydrogens (primary N) is 1. The second-order valence-corrected chi connectivity index (χ2v) is 9.94. The van der Waals surface area contributed by atoms with Gasteiger partial charge in [0.2, 0.25) is 5.89 Å². The van der Waals surface area contributed by atoms with Crippen LogP contribution in [0.5, 0.6) is 0 Å². The van der Waals surface area contributed by atoms with Crippen LogP contribution in [-0.4, -0.2) is 54.7 Å². The van der Waals surface area contributed by atoms with E-state index >= 15 is 0 Å². The van der Waals surface area contributed by atoms with Crippen molar-refractivity contribution in [1.29, 1.82) is 0 Å². The van der Waals surface area contributed by atoms with Gasteiger partial charge in [0.25, 0.3) is 0 Å². The third-order valence-electron chi connectivity index (χ3n) is 6.58. The van der Waals surface area contributed by atoms with E-state index < -0.39 is 0 Å². The van der Waals surface area contributed by atoms with Gasteiger partial charge in [-0.1, -0.05) is 13.8 Å². The molecule has 5 rings (SSSR count). The molecule has 1 saturated heterocycles. The maximum atomic E-state index is 13.2. The summed E-state index contributed by atoms with van der Waals surface area (Å²) in [6.07, 6.45) is 8.93. The van der Waals surface area contributed by atoms with Crippen molar-refractivity contribution in [2.24, 2.45) is 5.41 Å². The first-order valence-electron chi connectivity index (χ1n) is 11.5. The van der Waals surface area contributed by atoms with Gasteiger partial charge in [0.15, 0.2) is 17.3 Å². The van der Waals surface area contributed by atoms with E-state index in [1.807, 2.05) is 29.7 Å². The number of imidazole rings is 1. The molecule has 0 unspecified atom stereocenters. The summed E-state index contributed by atoms with van der Waals surface area (Å²) in [5, 5.41) is 0. The molecular weight excluding hydrogens is 430 g/mol. The molecule has 1 aliphatic rings. The van der Waals surface area contributed by atoms with Crippen LogP contribution < -0.4 is 5.73 Å². The Hall–Kier alpha value is -3.59. The minimum Gasteiger partial charge on any atom is -0.443 e. The lowest BCUT2D eigenvalue weighted by molar-refractivity contribution is 0.0966. The molecule has 0 radical (unpaired) electrons. The molecule has 176 valence electrons. The van der Waals surface area contributed by atoms with Crippen LogP contribution in [0.1, 0.15) is 49.3 Å². The van der Waals surface area contributed by atoms with Gasteiger partial charge in [-0.25, -0.2) is 19.9 Å². The van der Waals surface area contributed by atoms with E-state index in [-0.39, 0.29) is 22.7 Å². The van der Waals surface area contributed by atoms with Gasteiger partial charge in [-0.15, -0.1) is 0 Å². The Balaban J connectivity index is 1.51. The van der Waals surface area contributed by atoms with E-state index in [4.69, 9.17) is 15.1 Å². The number of ketones is 1. The number of pyridine rings is 1. The van der Waals surface area contributed by atoms with E-state index in [0.717, 1.165) is 36.3 Å². The maximum Gasteiger partial charge on any atom is 0.247 e. The number of nitrogen functional groups attached to an aromatic ring is 1. The van der Waals surface area contributed by atoms with Crippen molar-refractivity contribution < 1.29 is 9.21 Å². The normalized spacial score (nSPS) is 18.1. The number of likely N-dealkylation sites (tertiary alicyclic amines) is 1. The molecule has 4 aromatic rings. The number of aromatic nitrogens is 5. The Kier molecular flexibility index (Phi) is 5.44. The predicted octanol–water partition coefficient (Wildman–Crippen LogP) is 4.03. The number of carbonyl (C=O) groups excluding carboxylic acids is 1. The van der Waals surface area contributed by atoms with Gasteiger partial charge in [0.05, 0.1) is 6.20 Å². The van der Waals surface area contributed by atoms with Gasteiger partial charge in [0.1, 0.15) is 23.3 Å². The number of hydrogen-bond acceptors (Lipinski definition) is 8. The van der Waals surface area contributed by atoms with Crippen LogP contribution in [0.25, 0.3) is 28.5 Å². The first-order chi connectivity index (χ1) is 16.2. The van der Waals surface area contributed by atoms with Crippen molar-refractivity contribution in [2.45, 2.75) is 46.1 Å². The van der Waals surface area contributed by atoms with E-state index in [0.29, 0.717) is 29.7 Å². The minimum absolute atomic E-state index is 0.0851. The van der Waals surface area contributed by atoms with Gasteiger partial charge in [0, 0.05) is 42.7 Å². The van der Waals surface area contributed by atoms with Crippen LogP contribution in [0.4, 0.5) is 5.82 Å². The lowest BCUT2D eigenvalue weighted by atomic mass is 9.89. The lowest BCUT2D eigenvalue weighted by Crippen LogP contribution is -2.26. The summed E-state index contributed by atoms with van der Waals surface area (Å²) in [5.74, 6) is 0.274. The van der Waals surface area contributed by atoms with Crippen molar-refractivity contribution in [1.82, 2.24) is 29.2 Å². The number of aryl methyl sites for hydroxylation is 1. The fraction of sp³-hybridized carbons (Fsp3) is 0.400. The Morgan fingerprint density at radius 3 is 2.76 bits per heavy atom. The SMILES string of the molecule is Cc1cnc2ccc(-c3nc(C(=O)CC[C@H]4CC(C)(C)CN4C)c(N)nc3-c3ncco3)cn12. The molecule has 1 aliphatic heterocycles. The summed E-state index contributed by atoms with van der Waals surface area (Å²) >= 11 is 0. The monoisotopic (exact) mass is 459 g/mol. The predicted molar refractivity (Wildman–Crippen MR) is 129 cm³/mol. The van der Waals surface area contributed by atoms with Crippen LogP contribution in [0.3, 0.4) is 0 Å². The number of oxazole rings is 1. The number of anilines is 1. The Morgan fingerprint density at radius 2 is 2.06 bits per heavy atom. The third kappa shape index (κ3) is 4.07. The Bertz CT molecular complexity index is 1360. The topological polar surface area (TPSA) is 115 Å². The highest BCUT2D eigenvalue weighted by Gasteiger charge is 2.35. The lowest BCUT2D eigenvalue weighted by Gasteiger charge is -2.18. The highest BCUT2D eigenvalue weighted by Crippen LogP contribution is 2.35. The quantitative estimate of drug-likeness (QED) is 0.430. The highest BCUT2D eigenvalue weighted by atomic mass is 16.3. The molecule has 0 aliphatic carbocycles. The van der Waals surface area contributed by atoms with Crippen molar-refractivity contribution in [2.75, 3.05) is 19.3 Å². The Labute approximate surface area is 198 Å². The van der Waals surface area contributed by atoms with Gasteiger partial charge in [-0.2, -0.15) is 0 Å². The van der Waals surface area contributed by atoms with Gasteiger partial charge in [-0.3, -0.25) is 4.79 Å². The van der Waals surface area contributed by atoms with Crippen LogP contribution in [0, 0.1) is 12.3 Å². The molecule has 1 fully saturated rings. The fourth-order valence-electron chi connectivity index (χ4n) is 4.99. The van der Waals surface area contributed by atoms with Crippen molar-refractivity contribution >= 4 is 17.2 Å². The summed E-state index contributed by atoms with van der Waals surface area (Å²) in [6, 6.07) is 4.17. The molecule has 0 bridgehead atoms. The average molecular weight is 460 g/mol. The summed E-state index contributed by atoms with van der Waals surface area (Å²) in [7, 11) is 2.12. The number of Topliss-reactive ketones (excluding diaryl/α,β-unsaturated/α-hetero) is 1. The first-order valence-corrected chi connectivity index (χ1v) is 11.5. The van der Waals surface area contributed by atoms with Gasteiger partial charge < -0.3 is 19.5 Å². The zero-order chi connectivity index (χ0) is 24.0. The maximum absolute atomic E-state index is 13.2. The molecule has 0 amide bonds. The molecule has 34 heavy (non-hydrogen) atoms. The molecule has 0 spiro atoms. The van der Waals surface area contributed by atoms with Crippen molar-refractivity contribution in [3.05, 3.63) is 48.4 Å². The van der Waals surface area contributed by atoms with Crippen molar-refractivity contribution in [3.8, 4) is 22.8 Å². The van der Waals surface area contributed by atoms with Crippen LogP contribution >= 0.6 is 0 Å². The van der Waals surface area contributed by atoms with Gasteiger partial charge >= 0.3 is 0 Å². The molecule has 1 atom stereocenters. The standard InChI is InChI=1S/C25H29N7O2/c1-15-12-28-19-8-5-16(13-32(15)19)20-22(24-27-9-10-34-24)30-23(26)21(29-20)18(33)7-6-17-11-25(2,3)14-31(17)4/h5,8-10,12-13,17H,6-7,11,14H2,1-4H3,(H2,26,30)/t17-/m0/s1. The number of nitrogens with zero attached hydrogens (tertiary/aromatic N) is 6. The van der Waals surface area contributed by atoms with E-state index in [1.54, 1.807) is 12.4 Å². The van der Waals surface area contributed by atoms with E-state index in [9.17, 15) is 4.79 Å². The van der Waals surface area contributed by atoms with Crippen LogP contribution in [0.15, 0.2) is 41.4 Å². The molecule has 0 aromatic carbocycles. The molecule has 0 saturated carbocycles. The van der Waals surface area contributed by atoms with E-state index in [1.165, 1.54) is 6.26 Å². The average Bonchev–Trinajstić information content (AvgIpc) is 3.51. The second-order valence-electron chi connectivity index (χ2n) is 9.94. The van der Waals surface area contributed by atoms with Crippen LogP contribution in [0.2, 0.25) is 0 Å². The zero-order valence-electron chi connectivity index (χ0n) is 19.9. The van der Waals surface area contributed by atoms with E-state index in [2.05, 4.69) is 40.7 Å². The molecule has 5 heterocycles. The smallest absolute Gasteiger partial charge is 0.247 e. The highest BCUT2D eigenvalue weighted by molar-refractivity contribution is 5.99. The number of hydrogen-bond donors (Lipinski definition) is 1. The minimum atomic E-state index is -0.108. The van der Waals surface area contributed by atoms with Gasteiger partial charge in [-0.05, 0) is 44.4 Å². The third-order valence-corrected chi connectivity index (χ3v) is 6.58. The number of rotatable bonds is 6. The zero-order valence-corrected chi connectivity index (χ0v) is 19.9. The summed E-state index contributed by atoms with van der Waals surface area (Å²) in [4.78, 5) is 33.4. The number of carbonyl (C=O) groups is 1. The fourth-order valence-corrected chi connectivity index (χ4v) is 4.99. The Morgan fingerprint density at radius 1 is 1.24 bits per heavy atom. The first kappa shape index (κ1) is 22.2. The molecule has 9 nitrogen and oxygen atoms in total. The summed E-state index contributed by atoms with van der Waals surface area (Å²) < 4.78 is 7.46. The second kappa shape index (κ2) is 8.32. The van der Waals surface area contributed by atoms with Crippen LogP contribution in [-0.2, 0) is 0 Å². The van der Waals surface area contributed by atoms with Crippen molar-refractivity contribution in [3.63, 3.8) is 0 Å².